The van der Waals surface area contributed by atoms with Gasteiger partial charge in [0.05, 0.1) is 0 Å². The summed E-state index contributed by atoms with van der Waals surface area (Å²) < 4.78 is 40.0. The molecule has 0 spiro atoms. The number of rotatable bonds is 8. The van der Waals surface area contributed by atoms with Gasteiger partial charge in [0, 0.05) is 6.42 Å². The minimum atomic E-state index is -4.33. The van der Waals surface area contributed by atoms with Crippen LogP contribution in [-0.4, -0.2) is 19.1 Å². The fourth-order valence-corrected chi connectivity index (χ4v) is 10.5. The Labute approximate surface area is 238 Å². The zero-order valence-electron chi connectivity index (χ0n) is 25.2. The highest BCUT2D eigenvalue weighted by atomic mass is 32.2. The molecule has 0 bridgehead atoms. The van der Waals surface area contributed by atoms with Gasteiger partial charge >= 0.3 is 0 Å². The molecule has 1 aromatic carbocycles. The molecule has 4 aliphatic carbocycles. The second kappa shape index (κ2) is 10.8. The van der Waals surface area contributed by atoms with E-state index in [1.807, 2.05) is 6.92 Å². The molecule has 0 heterocycles. The number of ether oxygens (including phenoxy) is 1. The second-order valence-corrected chi connectivity index (χ2v) is 16.1. The molecular formula is C34H52O4S. The Morgan fingerprint density at radius 1 is 1.03 bits per heavy atom. The predicted molar refractivity (Wildman–Crippen MR) is 158 cm³/mol. The molecule has 3 fully saturated rings. The standard InChI is InChI=1S/C34H52O4S/c1-22(2)8-7-9-24(4)28-13-14-29-27-12-11-25-21-26(16-18-33(25,5)30(27)17-19-34(28,29)6)38-31-20-23(3)10-15-32(31)39(35,36)37/h10-11,15,20,22,24,26-30H,7-9,12-14,16-19,21H2,1-6H3,(H,35,36,37)/t24-,26?,27?,28-,29?,30?,33+,34-/m1/s1. The number of hydrogen-bond acceptors (Lipinski definition) is 3. The minimum absolute atomic E-state index is 0.0559. The Bertz CT molecular complexity index is 1190. The van der Waals surface area contributed by atoms with Gasteiger partial charge in [0.15, 0.2) is 0 Å². The van der Waals surface area contributed by atoms with Gasteiger partial charge in [0.2, 0.25) is 0 Å². The van der Waals surface area contributed by atoms with Crippen molar-refractivity contribution in [2.24, 2.45) is 46.3 Å². The highest BCUT2D eigenvalue weighted by Crippen LogP contribution is 2.67. The SMILES string of the molecule is Cc1ccc(S(=O)(=O)O)c(OC2CC[C@@]3(C)C(=CCC4C3CC[C@@]3(C)C4CC[C@@H]3[C@H](C)CCCC(C)C)C2)c1. The van der Waals surface area contributed by atoms with Crippen LogP contribution < -0.4 is 4.74 Å². The van der Waals surface area contributed by atoms with E-state index in [2.05, 4.69) is 40.7 Å². The lowest BCUT2D eigenvalue weighted by Gasteiger charge is -2.58. The molecule has 1 N–H and O–H groups in total. The van der Waals surface area contributed by atoms with Crippen molar-refractivity contribution >= 4 is 10.1 Å². The number of aryl methyl sites for hydroxylation is 1. The van der Waals surface area contributed by atoms with Gasteiger partial charge < -0.3 is 4.74 Å². The summed E-state index contributed by atoms with van der Waals surface area (Å²) in [7, 11) is -4.33. The molecule has 5 rings (SSSR count). The van der Waals surface area contributed by atoms with Crippen molar-refractivity contribution in [1.82, 2.24) is 0 Å². The second-order valence-electron chi connectivity index (χ2n) is 14.7. The van der Waals surface area contributed by atoms with Crippen LogP contribution in [0.4, 0.5) is 0 Å². The van der Waals surface area contributed by atoms with E-state index in [0.717, 1.165) is 60.3 Å². The molecule has 0 radical (unpaired) electrons. The summed E-state index contributed by atoms with van der Waals surface area (Å²) in [6.45, 7) is 14.3. The maximum absolute atomic E-state index is 12.0. The Morgan fingerprint density at radius 2 is 1.79 bits per heavy atom. The van der Waals surface area contributed by atoms with Crippen molar-refractivity contribution in [2.45, 2.75) is 123 Å². The van der Waals surface area contributed by atoms with Crippen LogP contribution in [-0.2, 0) is 10.1 Å². The lowest BCUT2D eigenvalue weighted by Crippen LogP contribution is -2.51. The molecule has 39 heavy (non-hydrogen) atoms. The molecule has 0 aromatic heterocycles. The average Bonchev–Trinajstić information content (AvgIpc) is 3.20. The Morgan fingerprint density at radius 3 is 2.51 bits per heavy atom. The van der Waals surface area contributed by atoms with Crippen molar-refractivity contribution < 1.29 is 17.7 Å². The Hall–Kier alpha value is -1.33. The van der Waals surface area contributed by atoms with E-state index in [4.69, 9.17) is 4.74 Å². The van der Waals surface area contributed by atoms with Crippen LogP contribution in [0, 0.1) is 53.3 Å². The smallest absolute Gasteiger partial charge is 0.298 e. The molecule has 5 heteroatoms. The lowest BCUT2D eigenvalue weighted by atomic mass is 9.47. The quantitative estimate of drug-likeness (QED) is 0.256. The molecule has 4 nitrogen and oxygen atoms in total. The number of hydrogen-bond donors (Lipinski definition) is 1. The van der Waals surface area contributed by atoms with Crippen molar-refractivity contribution in [1.29, 1.82) is 0 Å². The van der Waals surface area contributed by atoms with E-state index in [1.54, 1.807) is 12.1 Å². The zero-order valence-corrected chi connectivity index (χ0v) is 26.0. The van der Waals surface area contributed by atoms with E-state index in [9.17, 15) is 13.0 Å². The molecule has 218 valence electrons. The lowest BCUT2D eigenvalue weighted by molar-refractivity contribution is -0.0560. The van der Waals surface area contributed by atoms with Crippen molar-refractivity contribution in [3.8, 4) is 5.75 Å². The van der Waals surface area contributed by atoms with Crippen LogP contribution >= 0.6 is 0 Å². The third kappa shape index (κ3) is 5.48. The molecule has 0 aliphatic heterocycles. The van der Waals surface area contributed by atoms with Crippen LogP contribution in [0.1, 0.15) is 111 Å². The third-order valence-electron chi connectivity index (χ3n) is 11.9. The van der Waals surface area contributed by atoms with Crippen molar-refractivity contribution in [2.75, 3.05) is 0 Å². The van der Waals surface area contributed by atoms with Gasteiger partial charge in [0.1, 0.15) is 16.7 Å². The van der Waals surface area contributed by atoms with Gasteiger partial charge in [-0.05, 0) is 116 Å². The van der Waals surface area contributed by atoms with Crippen molar-refractivity contribution in [3.05, 3.63) is 35.4 Å². The number of fused-ring (bicyclic) bond motifs is 5. The van der Waals surface area contributed by atoms with E-state index < -0.39 is 10.1 Å². The van der Waals surface area contributed by atoms with E-state index in [1.165, 1.54) is 63.0 Å². The topological polar surface area (TPSA) is 63.6 Å². The average molecular weight is 557 g/mol. The van der Waals surface area contributed by atoms with Gasteiger partial charge in [-0.25, -0.2) is 0 Å². The van der Waals surface area contributed by atoms with Crippen LogP contribution in [0.3, 0.4) is 0 Å². The molecular weight excluding hydrogens is 504 g/mol. The van der Waals surface area contributed by atoms with Gasteiger partial charge in [0.25, 0.3) is 10.1 Å². The van der Waals surface area contributed by atoms with Gasteiger partial charge in [-0.3, -0.25) is 4.55 Å². The molecule has 0 saturated heterocycles. The summed E-state index contributed by atoms with van der Waals surface area (Å²) >= 11 is 0. The monoisotopic (exact) mass is 556 g/mol. The Balaban J connectivity index is 1.30. The molecule has 8 atom stereocenters. The number of allylic oxidation sites excluding steroid dienone is 1. The summed E-state index contributed by atoms with van der Waals surface area (Å²) in [5, 5.41) is 0. The van der Waals surface area contributed by atoms with Crippen LogP contribution in [0.2, 0.25) is 0 Å². The molecule has 0 amide bonds. The zero-order chi connectivity index (χ0) is 28.2. The normalized spacial score (nSPS) is 37.0. The largest absolute Gasteiger partial charge is 0.489 e. The Kier molecular flexibility index (Phi) is 8.09. The maximum atomic E-state index is 12.0. The summed E-state index contributed by atoms with van der Waals surface area (Å²) in [5.74, 6) is 5.21. The fourth-order valence-electron chi connectivity index (χ4n) is 9.85. The first-order valence-electron chi connectivity index (χ1n) is 15.8. The van der Waals surface area contributed by atoms with Crippen LogP contribution in [0.5, 0.6) is 5.75 Å². The molecule has 4 unspecified atom stereocenters. The first kappa shape index (κ1) is 29.2. The first-order valence-corrected chi connectivity index (χ1v) is 17.2. The summed E-state index contributed by atoms with van der Waals surface area (Å²) in [5.41, 5.74) is 3.18. The van der Waals surface area contributed by atoms with E-state index in [0.29, 0.717) is 5.41 Å². The van der Waals surface area contributed by atoms with Gasteiger partial charge in [-0.2, -0.15) is 8.42 Å². The van der Waals surface area contributed by atoms with Gasteiger partial charge in [-0.1, -0.05) is 71.6 Å². The molecule has 1 aromatic rings. The van der Waals surface area contributed by atoms with Gasteiger partial charge in [-0.15, -0.1) is 0 Å². The van der Waals surface area contributed by atoms with Crippen LogP contribution in [0.25, 0.3) is 0 Å². The number of benzene rings is 1. The van der Waals surface area contributed by atoms with E-state index >= 15 is 0 Å². The van der Waals surface area contributed by atoms with E-state index in [-0.39, 0.29) is 22.2 Å². The highest BCUT2D eigenvalue weighted by molar-refractivity contribution is 7.86. The van der Waals surface area contributed by atoms with Crippen LogP contribution in [0.15, 0.2) is 34.7 Å². The maximum Gasteiger partial charge on any atom is 0.298 e. The minimum Gasteiger partial charge on any atom is -0.489 e. The predicted octanol–water partition coefficient (Wildman–Crippen LogP) is 9.03. The summed E-state index contributed by atoms with van der Waals surface area (Å²) in [6.07, 6.45) is 16.3. The fraction of sp³-hybridized carbons (Fsp3) is 0.765. The van der Waals surface area contributed by atoms with Crippen molar-refractivity contribution in [3.63, 3.8) is 0 Å². The third-order valence-corrected chi connectivity index (χ3v) is 12.8. The first-order chi connectivity index (χ1) is 18.3. The molecule has 4 aliphatic rings. The highest BCUT2D eigenvalue weighted by Gasteiger charge is 2.59. The molecule has 3 saturated carbocycles. The summed E-state index contributed by atoms with van der Waals surface area (Å²) in [6, 6.07) is 4.90. The summed E-state index contributed by atoms with van der Waals surface area (Å²) in [4.78, 5) is -0.125.